The number of hydrogen-bond acceptors (Lipinski definition) is 17. The first-order chi connectivity index (χ1) is 14.6. The van der Waals surface area contributed by atoms with Gasteiger partial charge in [0.15, 0.2) is 27.9 Å². The highest BCUT2D eigenvalue weighted by Gasteiger charge is 2.45. The van der Waals surface area contributed by atoms with Crippen LogP contribution in [0.25, 0.3) is 11.2 Å². The molecule has 22 heteroatoms. The standard InChI is InChI=1S/C10H15BrN5O13P3/c11-10-15-4-7(12)13-2-14-8(4)16(10)9-6(18)5(17)3(27-9)1-26-31(22,23)29-32(24,25)28-30(19,20)21/h2-3,5-6,9,17-18H,1H2,(H,22,23)(H,24,25)(H2,12,13,14)(H2,19,20,21)/p-4/t3-,5-,6-,9-/m1/s1. The van der Waals surface area contributed by atoms with Crippen molar-refractivity contribution in [3.8, 4) is 0 Å². The molecular weight excluding hydrogens is 571 g/mol. The molecule has 6 atom stereocenters. The second kappa shape index (κ2) is 9.05. The third-order valence-electron chi connectivity index (χ3n) is 3.85. The lowest BCUT2D eigenvalue weighted by Crippen LogP contribution is -2.34. The van der Waals surface area contributed by atoms with Gasteiger partial charge in [0.05, 0.1) is 14.4 Å². The first kappa shape index (κ1) is 25.7. The Kier molecular flexibility index (Phi) is 7.28. The van der Waals surface area contributed by atoms with E-state index in [1.54, 1.807) is 0 Å². The molecule has 32 heavy (non-hydrogen) atoms. The molecule has 4 N–H and O–H groups in total. The SMILES string of the molecule is Nc1ncnc2c1nc(Br)n2[C@@H]1O[C@H](COP(=O)([O-])OP(=O)([O-])OP(=O)([O-])[O-])[C@@H](O)[C@H]1O. The van der Waals surface area contributed by atoms with Gasteiger partial charge in [-0.15, -0.1) is 0 Å². The summed E-state index contributed by atoms with van der Waals surface area (Å²) in [6.07, 6.45) is -5.30. The van der Waals surface area contributed by atoms with E-state index in [4.69, 9.17) is 10.5 Å². The summed E-state index contributed by atoms with van der Waals surface area (Å²) < 4.78 is 50.5. The van der Waals surface area contributed by atoms with Gasteiger partial charge in [0.2, 0.25) is 0 Å². The number of imidazole rings is 1. The number of nitrogens with two attached hydrogens (primary N) is 1. The molecule has 1 saturated heterocycles. The normalized spacial score (nSPS) is 28.0. The van der Waals surface area contributed by atoms with Gasteiger partial charge in [0, 0.05) is 0 Å². The van der Waals surface area contributed by atoms with Crippen molar-refractivity contribution in [2.75, 3.05) is 12.3 Å². The number of phosphoric acid groups is 3. The third-order valence-corrected chi connectivity index (χ3v) is 8.08. The molecule has 3 rings (SSSR count). The molecule has 2 aromatic heterocycles. The molecule has 0 saturated carbocycles. The predicted molar refractivity (Wildman–Crippen MR) is 94.3 cm³/mol. The Hall–Kier alpha value is -0.880. The van der Waals surface area contributed by atoms with Crippen molar-refractivity contribution in [2.24, 2.45) is 0 Å². The maximum Gasteiger partial charge on any atom is 0.278 e. The van der Waals surface area contributed by atoms with Crippen molar-refractivity contribution in [1.29, 1.82) is 0 Å². The number of nitrogens with zero attached hydrogens (tertiary/aromatic N) is 4. The second-order valence-electron chi connectivity index (χ2n) is 6.03. The summed E-state index contributed by atoms with van der Waals surface area (Å²) in [6, 6.07) is 0. The van der Waals surface area contributed by atoms with Crippen LogP contribution in [0.2, 0.25) is 0 Å². The largest absolute Gasteiger partial charge is 0.790 e. The fourth-order valence-corrected chi connectivity index (χ4v) is 6.07. The summed E-state index contributed by atoms with van der Waals surface area (Å²) in [5.74, 6) is -0.00298. The number of fused-ring (bicyclic) bond motifs is 1. The van der Waals surface area contributed by atoms with E-state index in [1.165, 1.54) is 4.57 Å². The zero-order valence-corrected chi connectivity index (χ0v) is 19.3. The van der Waals surface area contributed by atoms with Crippen molar-refractivity contribution in [3.63, 3.8) is 0 Å². The van der Waals surface area contributed by atoms with E-state index >= 15 is 0 Å². The van der Waals surface area contributed by atoms with Crippen LogP contribution in [0.5, 0.6) is 0 Å². The van der Waals surface area contributed by atoms with Gasteiger partial charge in [-0.25, -0.2) is 19.3 Å². The lowest BCUT2D eigenvalue weighted by molar-refractivity contribution is -0.339. The van der Waals surface area contributed by atoms with Crippen LogP contribution < -0.4 is 25.3 Å². The number of hydrogen-bond donors (Lipinski definition) is 3. The van der Waals surface area contributed by atoms with E-state index in [1.807, 2.05) is 0 Å². The maximum absolute atomic E-state index is 11.6. The number of aliphatic hydroxyl groups is 2. The number of aromatic nitrogens is 4. The molecule has 0 radical (unpaired) electrons. The summed E-state index contributed by atoms with van der Waals surface area (Å²) in [4.78, 5) is 55.2. The Morgan fingerprint density at radius 3 is 2.41 bits per heavy atom. The first-order valence-electron chi connectivity index (χ1n) is 7.97. The van der Waals surface area contributed by atoms with Crippen LogP contribution in [0.3, 0.4) is 0 Å². The van der Waals surface area contributed by atoms with E-state index in [2.05, 4.69) is 44.0 Å². The molecule has 0 amide bonds. The van der Waals surface area contributed by atoms with E-state index in [0.717, 1.165) is 6.33 Å². The molecule has 0 spiro atoms. The van der Waals surface area contributed by atoms with Crippen molar-refractivity contribution < 1.29 is 61.4 Å². The monoisotopic (exact) mass is 581 g/mol. The van der Waals surface area contributed by atoms with Crippen LogP contribution in [-0.4, -0.2) is 54.7 Å². The van der Waals surface area contributed by atoms with Crippen molar-refractivity contribution in [1.82, 2.24) is 19.5 Å². The van der Waals surface area contributed by atoms with E-state index in [9.17, 15) is 43.5 Å². The highest BCUT2D eigenvalue weighted by molar-refractivity contribution is 9.10. The average molecular weight is 582 g/mol. The Bertz CT molecular complexity index is 1160. The van der Waals surface area contributed by atoms with Crippen molar-refractivity contribution >= 4 is 56.4 Å². The smallest absolute Gasteiger partial charge is 0.278 e. The highest BCUT2D eigenvalue weighted by atomic mass is 79.9. The van der Waals surface area contributed by atoms with Gasteiger partial charge >= 0.3 is 0 Å². The molecule has 1 fully saturated rings. The lowest BCUT2D eigenvalue weighted by Gasteiger charge is -2.37. The van der Waals surface area contributed by atoms with Crippen molar-refractivity contribution in [3.05, 3.63) is 11.1 Å². The minimum Gasteiger partial charge on any atom is -0.790 e. The molecule has 0 bridgehead atoms. The van der Waals surface area contributed by atoms with Crippen LogP contribution in [0.15, 0.2) is 11.1 Å². The summed E-state index contributed by atoms with van der Waals surface area (Å²) >= 11 is 3.11. The first-order valence-corrected chi connectivity index (χ1v) is 13.1. The van der Waals surface area contributed by atoms with Crippen LogP contribution in [-0.2, 0) is 31.6 Å². The number of halogens is 1. The number of rotatable bonds is 8. The topological polar surface area (TPSA) is 290 Å². The Balaban J connectivity index is 1.73. The predicted octanol–water partition coefficient (Wildman–Crippen LogP) is -3.39. The highest BCUT2D eigenvalue weighted by Crippen LogP contribution is 2.60. The molecule has 0 aromatic carbocycles. The number of aliphatic hydroxyl groups excluding tert-OH is 2. The Morgan fingerprint density at radius 1 is 1.12 bits per heavy atom. The van der Waals surface area contributed by atoms with Crippen LogP contribution in [0.4, 0.5) is 5.82 Å². The summed E-state index contributed by atoms with van der Waals surface area (Å²) in [5.41, 5.74) is 5.91. The summed E-state index contributed by atoms with van der Waals surface area (Å²) in [6.45, 7) is -1.09. The molecule has 3 heterocycles. The summed E-state index contributed by atoms with van der Waals surface area (Å²) in [5, 5.41) is 20.5. The zero-order chi connectivity index (χ0) is 24.1. The van der Waals surface area contributed by atoms with Gasteiger partial charge in [-0.2, -0.15) is 0 Å². The van der Waals surface area contributed by atoms with Crippen LogP contribution in [0.1, 0.15) is 6.23 Å². The van der Waals surface area contributed by atoms with Crippen molar-refractivity contribution in [2.45, 2.75) is 24.5 Å². The van der Waals surface area contributed by atoms with Gasteiger partial charge in [-0.3, -0.25) is 18.0 Å². The van der Waals surface area contributed by atoms with Gasteiger partial charge < -0.3 is 49.3 Å². The van der Waals surface area contributed by atoms with Crippen LogP contribution in [0, 0.1) is 0 Å². The quantitative estimate of drug-likeness (QED) is 0.202. The van der Waals surface area contributed by atoms with Gasteiger partial charge in [0.25, 0.3) is 15.6 Å². The average Bonchev–Trinajstić information content (AvgIpc) is 3.08. The minimum absolute atomic E-state index is 0.00298. The number of nitrogen functional groups attached to an aromatic ring is 1. The number of ether oxygens (including phenoxy) is 1. The lowest BCUT2D eigenvalue weighted by atomic mass is 10.1. The Labute approximate surface area is 185 Å². The maximum atomic E-state index is 11.6. The van der Waals surface area contributed by atoms with Gasteiger partial charge in [-0.1, -0.05) is 0 Å². The number of anilines is 1. The molecule has 180 valence electrons. The van der Waals surface area contributed by atoms with E-state index in [0.29, 0.717) is 0 Å². The summed E-state index contributed by atoms with van der Waals surface area (Å²) in [7, 11) is -18.1. The van der Waals surface area contributed by atoms with E-state index in [-0.39, 0.29) is 21.7 Å². The van der Waals surface area contributed by atoms with E-state index < -0.39 is 54.6 Å². The fraction of sp³-hybridized carbons (Fsp3) is 0.500. The molecule has 1 aliphatic rings. The Morgan fingerprint density at radius 2 is 1.78 bits per heavy atom. The molecule has 18 nitrogen and oxygen atoms in total. The molecule has 0 aliphatic carbocycles. The molecule has 2 aromatic rings. The number of phosphoric ester groups is 1. The molecule has 1 aliphatic heterocycles. The van der Waals surface area contributed by atoms with Crippen LogP contribution >= 0.6 is 39.4 Å². The fourth-order valence-electron chi connectivity index (χ4n) is 2.65. The minimum atomic E-state index is -6.15. The molecular formula is C10H11BrN5O13P3-4. The molecule has 2 unspecified atom stereocenters. The van der Waals surface area contributed by atoms with Gasteiger partial charge in [-0.05, 0) is 15.9 Å². The third kappa shape index (κ3) is 5.78. The van der Waals surface area contributed by atoms with Gasteiger partial charge in [0.1, 0.15) is 24.6 Å². The second-order valence-corrected chi connectivity index (χ2v) is 11.0. The zero-order valence-electron chi connectivity index (χ0n) is 15.1.